The third-order valence-electron chi connectivity index (χ3n) is 2.39. The number of nitrogens with zero attached hydrogens (tertiary/aromatic N) is 1. The molecular weight excluding hydrogens is 223 g/mol. The van der Waals surface area contributed by atoms with Crippen molar-refractivity contribution in [3.05, 3.63) is 51.7 Å². The predicted molar refractivity (Wildman–Crippen MR) is 64.2 cm³/mol. The lowest BCUT2D eigenvalue weighted by Crippen LogP contribution is -2.16. The van der Waals surface area contributed by atoms with E-state index in [4.69, 9.17) is 0 Å². The van der Waals surface area contributed by atoms with Crippen LogP contribution in [-0.4, -0.2) is 12.0 Å². The van der Waals surface area contributed by atoms with E-state index in [1.807, 2.05) is 26.2 Å². The van der Waals surface area contributed by atoms with Gasteiger partial charge in [0.2, 0.25) is 0 Å². The summed E-state index contributed by atoms with van der Waals surface area (Å²) < 4.78 is 13.1. The number of rotatable bonds is 3. The summed E-state index contributed by atoms with van der Waals surface area (Å²) in [5.41, 5.74) is 0.922. The Bertz CT molecular complexity index is 481. The highest BCUT2D eigenvalue weighted by Gasteiger charge is 2.14. The molecule has 0 saturated heterocycles. The van der Waals surface area contributed by atoms with Crippen LogP contribution in [0.5, 0.6) is 0 Å². The van der Waals surface area contributed by atoms with Crippen molar-refractivity contribution < 1.29 is 4.39 Å². The van der Waals surface area contributed by atoms with Crippen LogP contribution in [-0.2, 0) is 0 Å². The molecule has 1 heterocycles. The number of halogens is 1. The van der Waals surface area contributed by atoms with Gasteiger partial charge in [-0.2, -0.15) is 0 Å². The molecule has 16 heavy (non-hydrogen) atoms. The average Bonchev–Trinajstić information content (AvgIpc) is 2.66. The summed E-state index contributed by atoms with van der Waals surface area (Å²) in [5.74, 6) is -0.209. The van der Waals surface area contributed by atoms with Gasteiger partial charge in [-0.1, -0.05) is 12.1 Å². The van der Waals surface area contributed by atoms with Gasteiger partial charge in [0.25, 0.3) is 0 Å². The Morgan fingerprint density at radius 2 is 2.25 bits per heavy atom. The van der Waals surface area contributed by atoms with Crippen molar-refractivity contribution in [1.29, 1.82) is 0 Å². The van der Waals surface area contributed by atoms with Gasteiger partial charge in [0.05, 0.1) is 11.0 Å². The Morgan fingerprint density at radius 1 is 1.44 bits per heavy atom. The largest absolute Gasteiger partial charge is 0.309 e. The Balaban J connectivity index is 2.36. The minimum Gasteiger partial charge on any atom is -0.309 e. The zero-order chi connectivity index (χ0) is 11.5. The third kappa shape index (κ3) is 2.28. The molecule has 0 aliphatic rings. The van der Waals surface area contributed by atoms with Crippen molar-refractivity contribution in [2.45, 2.75) is 13.0 Å². The minimum absolute atomic E-state index is 0.0156. The number of hydrogen-bond donors (Lipinski definition) is 1. The molecule has 1 atom stereocenters. The average molecular weight is 236 g/mol. The zero-order valence-corrected chi connectivity index (χ0v) is 10.0. The standard InChI is InChI=1S/C12H13FN2S/c1-8-15-7-11(16-8)12(14-2)9-4-3-5-10(13)6-9/h3-7,12,14H,1-2H3. The van der Waals surface area contributed by atoms with Crippen LogP contribution >= 0.6 is 11.3 Å². The summed E-state index contributed by atoms with van der Waals surface area (Å²) in [7, 11) is 1.87. The summed E-state index contributed by atoms with van der Waals surface area (Å²) in [6.45, 7) is 1.96. The SMILES string of the molecule is CNC(c1cccc(F)c1)c1cnc(C)s1. The topological polar surface area (TPSA) is 24.9 Å². The van der Waals surface area contributed by atoms with Gasteiger partial charge in [0.1, 0.15) is 5.82 Å². The smallest absolute Gasteiger partial charge is 0.123 e. The van der Waals surface area contributed by atoms with Gasteiger partial charge in [-0.25, -0.2) is 9.37 Å². The van der Waals surface area contributed by atoms with Gasteiger partial charge in [0.15, 0.2) is 0 Å². The fourth-order valence-electron chi connectivity index (χ4n) is 1.67. The van der Waals surface area contributed by atoms with Crippen molar-refractivity contribution in [2.24, 2.45) is 0 Å². The van der Waals surface area contributed by atoms with Gasteiger partial charge in [-0.05, 0) is 31.7 Å². The minimum atomic E-state index is -0.209. The predicted octanol–water partition coefficient (Wildman–Crippen LogP) is 2.90. The van der Waals surface area contributed by atoms with E-state index in [0.717, 1.165) is 15.4 Å². The molecule has 1 aromatic carbocycles. The maximum atomic E-state index is 13.1. The lowest BCUT2D eigenvalue weighted by Gasteiger charge is -2.14. The van der Waals surface area contributed by atoms with E-state index in [2.05, 4.69) is 10.3 Å². The van der Waals surface area contributed by atoms with E-state index in [1.165, 1.54) is 6.07 Å². The normalized spacial score (nSPS) is 12.7. The molecule has 84 valence electrons. The van der Waals surface area contributed by atoms with E-state index in [1.54, 1.807) is 23.5 Å². The maximum Gasteiger partial charge on any atom is 0.123 e. The van der Waals surface area contributed by atoms with Crippen molar-refractivity contribution in [1.82, 2.24) is 10.3 Å². The molecule has 0 aliphatic carbocycles. The number of hydrogen-bond acceptors (Lipinski definition) is 3. The first-order valence-corrected chi connectivity index (χ1v) is 5.87. The monoisotopic (exact) mass is 236 g/mol. The van der Waals surface area contributed by atoms with Crippen LogP contribution in [0, 0.1) is 12.7 Å². The van der Waals surface area contributed by atoms with Crippen LogP contribution in [0.1, 0.15) is 21.5 Å². The van der Waals surface area contributed by atoms with E-state index < -0.39 is 0 Å². The second kappa shape index (κ2) is 4.72. The molecule has 2 aromatic rings. The summed E-state index contributed by atoms with van der Waals surface area (Å²) in [6.07, 6.45) is 1.84. The summed E-state index contributed by atoms with van der Waals surface area (Å²) >= 11 is 1.63. The molecule has 0 amide bonds. The molecule has 0 fully saturated rings. The first-order valence-electron chi connectivity index (χ1n) is 5.06. The molecule has 0 spiro atoms. The Hall–Kier alpha value is -1.26. The molecular formula is C12H13FN2S. The lowest BCUT2D eigenvalue weighted by atomic mass is 10.1. The number of nitrogens with one attached hydrogen (secondary N) is 1. The van der Waals surface area contributed by atoms with Gasteiger partial charge in [-0.3, -0.25) is 0 Å². The molecule has 1 unspecified atom stereocenters. The first-order chi connectivity index (χ1) is 7.70. The second-order valence-corrected chi connectivity index (χ2v) is 4.82. The fourth-order valence-corrected chi connectivity index (χ4v) is 2.59. The Morgan fingerprint density at radius 3 is 2.81 bits per heavy atom. The van der Waals surface area contributed by atoms with Crippen LogP contribution in [0.3, 0.4) is 0 Å². The first kappa shape index (κ1) is 11.2. The van der Waals surface area contributed by atoms with Gasteiger partial charge in [-0.15, -0.1) is 11.3 Å². The number of aryl methyl sites for hydroxylation is 1. The van der Waals surface area contributed by atoms with Gasteiger partial charge in [0, 0.05) is 11.1 Å². The summed E-state index contributed by atoms with van der Waals surface area (Å²) in [5, 5.41) is 4.20. The third-order valence-corrected chi connectivity index (χ3v) is 3.37. The van der Waals surface area contributed by atoms with Gasteiger partial charge >= 0.3 is 0 Å². The quantitative estimate of drug-likeness (QED) is 0.886. The molecule has 0 radical (unpaired) electrons. The van der Waals surface area contributed by atoms with Gasteiger partial charge < -0.3 is 5.32 Å². The zero-order valence-electron chi connectivity index (χ0n) is 9.20. The van der Waals surface area contributed by atoms with Crippen LogP contribution in [0.2, 0.25) is 0 Å². The van der Waals surface area contributed by atoms with E-state index >= 15 is 0 Å². The molecule has 2 rings (SSSR count). The molecule has 2 nitrogen and oxygen atoms in total. The van der Waals surface area contributed by atoms with Crippen molar-refractivity contribution in [3.63, 3.8) is 0 Å². The summed E-state index contributed by atoms with van der Waals surface area (Å²) in [6, 6.07) is 6.66. The van der Waals surface area contributed by atoms with Crippen LogP contribution < -0.4 is 5.32 Å². The van der Waals surface area contributed by atoms with E-state index in [9.17, 15) is 4.39 Å². The lowest BCUT2D eigenvalue weighted by molar-refractivity contribution is 0.618. The fraction of sp³-hybridized carbons (Fsp3) is 0.250. The Labute approximate surface area is 98.2 Å². The van der Waals surface area contributed by atoms with E-state index in [-0.39, 0.29) is 11.9 Å². The molecule has 0 saturated carbocycles. The van der Waals surface area contributed by atoms with Crippen LogP contribution in [0.4, 0.5) is 4.39 Å². The number of aromatic nitrogens is 1. The van der Waals surface area contributed by atoms with Crippen molar-refractivity contribution in [3.8, 4) is 0 Å². The van der Waals surface area contributed by atoms with Crippen molar-refractivity contribution >= 4 is 11.3 Å². The molecule has 1 N–H and O–H groups in total. The number of thiazole rings is 1. The summed E-state index contributed by atoms with van der Waals surface area (Å²) in [4.78, 5) is 5.32. The van der Waals surface area contributed by atoms with E-state index in [0.29, 0.717) is 0 Å². The Kier molecular flexibility index (Phi) is 3.31. The molecule has 4 heteroatoms. The van der Waals surface area contributed by atoms with Crippen LogP contribution in [0.15, 0.2) is 30.5 Å². The number of benzene rings is 1. The highest BCUT2D eigenvalue weighted by atomic mass is 32.1. The second-order valence-electron chi connectivity index (χ2n) is 3.56. The molecule has 0 aliphatic heterocycles. The molecule has 1 aromatic heterocycles. The highest BCUT2D eigenvalue weighted by molar-refractivity contribution is 7.11. The van der Waals surface area contributed by atoms with Crippen LogP contribution in [0.25, 0.3) is 0 Å². The van der Waals surface area contributed by atoms with Crippen molar-refractivity contribution in [2.75, 3.05) is 7.05 Å². The maximum absolute atomic E-state index is 13.1. The highest BCUT2D eigenvalue weighted by Crippen LogP contribution is 2.26. The molecule has 0 bridgehead atoms.